The van der Waals surface area contributed by atoms with Gasteiger partial charge in [-0.25, -0.2) is 9.67 Å². The molecule has 106 valence electrons. The Labute approximate surface area is 124 Å². The van der Waals surface area contributed by atoms with Gasteiger partial charge in [0.2, 0.25) is 0 Å². The third kappa shape index (κ3) is 2.97. The minimum Gasteiger partial charge on any atom is -0.348 e. The average Bonchev–Trinajstić information content (AvgIpc) is 2.93. The minimum atomic E-state index is -0.236. The van der Waals surface area contributed by atoms with Crippen LogP contribution in [0.25, 0.3) is 10.2 Å². The van der Waals surface area contributed by atoms with Crippen molar-refractivity contribution < 1.29 is 4.79 Å². The Morgan fingerprint density at radius 1 is 1.24 bits per heavy atom. The predicted octanol–water partition coefficient (Wildman–Crippen LogP) is 1.28. The molecule has 0 radical (unpaired) electrons. The van der Waals surface area contributed by atoms with Crippen LogP contribution in [0.5, 0.6) is 0 Å². The molecular formula is C14H12N4O2S. The fraction of sp³-hybridized carbons (Fsp3) is 0.143. The molecule has 3 aromatic rings. The van der Waals surface area contributed by atoms with Crippen LogP contribution in [-0.4, -0.2) is 27.2 Å². The monoisotopic (exact) mass is 300 g/mol. The van der Waals surface area contributed by atoms with E-state index in [-0.39, 0.29) is 11.5 Å². The maximum absolute atomic E-state index is 12.0. The molecule has 0 fully saturated rings. The molecule has 0 spiro atoms. The molecule has 1 amide bonds. The largest absolute Gasteiger partial charge is 0.348 e. The van der Waals surface area contributed by atoms with E-state index in [1.807, 2.05) is 24.3 Å². The molecule has 0 saturated carbocycles. The van der Waals surface area contributed by atoms with Gasteiger partial charge in [0.25, 0.3) is 11.5 Å². The van der Waals surface area contributed by atoms with Gasteiger partial charge >= 0.3 is 0 Å². The molecule has 21 heavy (non-hydrogen) atoms. The molecule has 1 N–H and O–H groups in total. The second kappa shape index (κ2) is 5.84. The molecular weight excluding hydrogens is 288 g/mol. The molecule has 2 aromatic heterocycles. The molecule has 7 heteroatoms. The van der Waals surface area contributed by atoms with Crippen molar-refractivity contribution in [2.45, 2.75) is 6.54 Å². The number of aromatic nitrogens is 3. The van der Waals surface area contributed by atoms with Crippen molar-refractivity contribution in [1.29, 1.82) is 0 Å². The van der Waals surface area contributed by atoms with Crippen LogP contribution in [0.4, 0.5) is 0 Å². The summed E-state index contributed by atoms with van der Waals surface area (Å²) in [5.74, 6) is -0.236. The van der Waals surface area contributed by atoms with E-state index in [4.69, 9.17) is 0 Å². The molecule has 0 atom stereocenters. The third-order valence-electron chi connectivity index (χ3n) is 2.88. The van der Waals surface area contributed by atoms with E-state index in [2.05, 4.69) is 15.4 Å². The number of rotatable bonds is 4. The number of nitrogens with one attached hydrogen (secondary N) is 1. The first kappa shape index (κ1) is 13.4. The fourth-order valence-corrected chi connectivity index (χ4v) is 2.76. The maximum Gasteiger partial charge on any atom is 0.280 e. The number of hydrogen-bond donors (Lipinski definition) is 1. The summed E-state index contributed by atoms with van der Waals surface area (Å²) >= 11 is 1.35. The van der Waals surface area contributed by atoms with Gasteiger partial charge in [0.1, 0.15) is 0 Å². The number of carbonyl (C=O) groups excluding carboxylic acids is 1. The Kier molecular flexibility index (Phi) is 3.74. The molecule has 0 aliphatic carbocycles. The summed E-state index contributed by atoms with van der Waals surface area (Å²) in [6, 6.07) is 10.6. The topological polar surface area (TPSA) is 76.9 Å². The van der Waals surface area contributed by atoms with Gasteiger partial charge in [0.05, 0.1) is 16.8 Å². The Morgan fingerprint density at radius 2 is 2.10 bits per heavy atom. The SMILES string of the molecule is O=C(NCCn1ncccc1=O)c1nc2ccccc2s1. The lowest BCUT2D eigenvalue weighted by atomic mass is 10.3. The van der Waals surface area contributed by atoms with Crippen LogP contribution >= 0.6 is 11.3 Å². The van der Waals surface area contributed by atoms with Crippen molar-refractivity contribution >= 4 is 27.5 Å². The lowest BCUT2D eigenvalue weighted by Crippen LogP contribution is -2.31. The summed E-state index contributed by atoms with van der Waals surface area (Å²) in [6.45, 7) is 0.655. The van der Waals surface area contributed by atoms with Gasteiger partial charge in [-0.15, -0.1) is 11.3 Å². The number of thiazole rings is 1. The first-order valence-electron chi connectivity index (χ1n) is 6.40. The minimum absolute atomic E-state index is 0.188. The Bertz CT molecular complexity index is 807. The number of nitrogens with zero attached hydrogens (tertiary/aromatic N) is 3. The summed E-state index contributed by atoms with van der Waals surface area (Å²) in [6.07, 6.45) is 1.54. The van der Waals surface area contributed by atoms with E-state index in [0.717, 1.165) is 10.2 Å². The Hall–Kier alpha value is -2.54. The van der Waals surface area contributed by atoms with Gasteiger partial charge in [0, 0.05) is 18.8 Å². The summed E-state index contributed by atoms with van der Waals surface area (Å²) in [5, 5.41) is 7.09. The van der Waals surface area contributed by atoms with Crippen LogP contribution in [0.3, 0.4) is 0 Å². The van der Waals surface area contributed by atoms with Gasteiger partial charge in [-0.1, -0.05) is 12.1 Å². The Balaban J connectivity index is 1.64. The van der Waals surface area contributed by atoms with Crippen molar-refractivity contribution in [2.75, 3.05) is 6.54 Å². The van der Waals surface area contributed by atoms with Crippen molar-refractivity contribution in [2.24, 2.45) is 0 Å². The van der Waals surface area contributed by atoms with E-state index in [9.17, 15) is 9.59 Å². The van der Waals surface area contributed by atoms with E-state index in [1.54, 1.807) is 6.07 Å². The van der Waals surface area contributed by atoms with Crippen LogP contribution < -0.4 is 10.9 Å². The highest BCUT2D eigenvalue weighted by Crippen LogP contribution is 2.21. The van der Waals surface area contributed by atoms with Gasteiger partial charge in [-0.2, -0.15) is 5.10 Å². The Morgan fingerprint density at radius 3 is 2.90 bits per heavy atom. The van der Waals surface area contributed by atoms with Crippen LogP contribution in [0.1, 0.15) is 9.80 Å². The van der Waals surface area contributed by atoms with Crippen molar-refractivity contribution in [3.05, 3.63) is 58.0 Å². The molecule has 3 rings (SSSR count). The van der Waals surface area contributed by atoms with E-state index in [1.165, 1.54) is 28.3 Å². The molecule has 1 aromatic carbocycles. The third-order valence-corrected chi connectivity index (χ3v) is 3.92. The van der Waals surface area contributed by atoms with Gasteiger partial charge < -0.3 is 5.32 Å². The van der Waals surface area contributed by atoms with Crippen LogP contribution in [0.15, 0.2) is 47.4 Å². The van der Waals surface area contributed by atoms with Gasteiger partial charge in [-0.3, -0.25) is 9.59 Å². The smallest absolute Gasteiger partial charge is 0.280 e. The molecule has 0 aliphatic heterocycles. The molecule has 0 aliphatic rings. The highest BCUT2D eigenvalue weighted by Gasteiger charge is 2.11. The van der Waals surface area contributed by atoms with Crippen LogP contribution in [0, 0.1) is 0 Å². The molecule has 0 unspecified atom stereocenters. The van der Waals surface area contributed by atoms with Gasteiger partial charge in [-0.05, 0) is 18.2 Å². The number of para-hydroxylation sites is 1. The van der Waals surface area contributed by atoms with Crippen molar-refractivity contribution in [3.63, 3.8) is 0 Å². The van der Waals surface area contributed by atoms with Crippen molar-refractivity contribution in [1.82, 2.24) is 20.1 Å². The highest BCUT2D eigenvalue weighted by atomic mass is 32.1. The number of benzene rings is 1. The normalized spacial score (nSPS) is 10.7. The fourth-order valence-electron chi connectivity index (χ4n) is 1.88. The van der Waals surface area contributed by atoms with Crippen LogP contribution in [0.2, 0.25) is 0 Å². The van der Waals surface area contributed by atoms with E-state index < -0.39 is 0 Å². The molecule has 2 heterocycles. The van der Waals surface area contributed by atoms with Gasteiger partial charge in [0.15, 0.2) is 5.01 Å². The first-order valence-corrected chi connectivity index (χ1v) is 7.21. The number of amides is 1. The summed E-state index contributed by atoms with van der Waals surface area (Å²) in [7, 11) is 0. The zero-order chi connectivity index (χ0) is 14.7. The summed E-state index contributed by atoms with van der Waals surface area (Å²) in [4.78, 5) is 27.8. The second-order valence-electron chi connectivity index (χ2n) is 4.33. The molecule has 0 bridgehead atoms. The zero-order valence-electron chi connectivity index (χ0n) is 11.0. The lowest BCUT2D eigenvalue weighted by Gasteiger charge is -2.04. The molecule has 6 nitrogen and oxygen atoms in total. The maximum atomic E-state index is 12.0. The van der Waals surface area contributed by atoms with E-state index >= 15 is 0 Å². The quantitative estimate of drug-likeness (QED) is 0.787. The lowest BCUT2D eigenvalue weighted by molar-refractivity contribution is 0.0951. The van der Waals surface area contributed by atoms with E-state index in [0.29, 0.717) is 18.1 Å². The number of carbonyl (C=O) groups is 1. The standard InChI is InChI=1S/C14H12N4O2S/c19-12-6-3-7-16-18(12)9-8-15-13(20)14-17-10-4-1-2-5-11(10)21-14/h1-7H,8-9H2,(H,15,20). The highest BCUT2D eigenvalue weighted by molar-refractivity contribution is 7.20. The zero-order valence-corrected chi connectivity index (χ0v) is 11.8. The number of fused-ring (bicyclic) bond motifs is 1. The summed E-state index contributed by atoms with van der Waals surface area (Å²) in [5.41, 5.74) is 0.625. The van der Waals surface area contributed by atoms with Crippen LogP contribution in [-0.2, 0) is 6.54 Å². The average molecular weight is 300 g/mol. The number of hydrogen-bond acceptors (Lipinski definition) is 5. The predicted molar refractivity (Wildman–Crippen MR) is 80.5 cm³/mol. The molecule has 0 saturated heterocycles. The first-order chi connectivity index (χ1) is 10.2. The second-order valence-corrected chi connectivity index (χ2v) is 5.36. The van der Waals surface area contributed by atoms with Crippen molar-refractivity contribution in [3.8, 4) is 0 Å². The summed E-state index contributed by atoms with van der Waals surface area (Å²) < 4.78 is 2.28.